The number of amides is 1. The normalized spacial score (nSPS) is 19.2. The Balaban J connectivity index is 1.23. The van der Waals surface area contributed by atoms with Gasteiger partial charge in [0.1, 0.15) is 5.56 Å². The Morgan fingerprint density at radius 2 is 2.04 bits per heavy atom. The number of piperidine rings is 1. The second-order valence-electron chi connectivity index (χ2n) is 8.01. The largest absolute Gasteiger partial charge is 0.477 e. The van der Waals surface area contributed by atoms with Crippen molar-refractivity contribution >= 4 is 5.91 Å². The number of carbonyl (C=O) groups excluding carboxylic acids is 1. The Morgan fingerprint density at radius 3 is 2.89 bits per heavy atom. The maximum absolute atomic E-state index is 12.9. The number of fused-ring (bicyclic) bond motifs is 2. The van der Waals surface area contributed by atoms with E-state index in [2.05, 4.69) is 10.2 Å². The molecule has 8 heteroatoms. The van der Waals surface area contributed by atoms with Gasteiger partial charge in [0.15, 0.2) is 0 Å². The van der Waals surface area contributed by atoms with Crippen molar-refractivity contribution in [3.05, 3.63) is 39.4 Å². The molecule has 2 aliphatic heterocycles. The van der Waals surface area contributed by atoms with Crippen LogP contribution in [-0.2, 0) is 25.9 Å². The summed E-state index contributed by atoms with van der Waals surface area (Å²) < 4.78 is 9.07. The highest BCUT2D eigenvalue weighted by Gasteiger charge is 2.29. The van der Waals surface area contributed by atoms with E-state index in [0.717, 1.165) is 56.3 Å². The van der Waals surface area contributed by atoms with Crippen molar-refractivity contribution in [2.45, 2.75) is 51.6 Å². The van der Waals surface area contributed by atoms with E-state index in [9.17, 15) is 9.59 Å². The molecule has 1 amide bonds. The molecule has 0 saturated carbocycles. The van der Waals surface area contributed by atoms with Gasteiger partial charge in [-0.25, -0.2) is 9.36 Å². The zero-order chi connectivity index (χ0) is 19.1. The van der Waals surface area contributed by atoms with Gasteiger partial charge in [-0.05, 0) is 43.6 Å². The standard InChI is InChI=1S/C20H25N5O3/c26-18-11-15-3-1-4-17(15)22-25(18)13-14-5-8-23(9-6-14)19(27)16-12-21-24-7-2-10-28-20(16)24/h11-12,14H,1-10,13H2. The summed E-state index contributed by atoms with van der Waals surface area (Å²) in [6, 6.07) is 1.76. The molecule has 2 aromatic rings. The van der Waals surface area contributed by atoms with Crippen molar-refractivity contribution in [1.82, 2.24) is 24.5 Å². The molecule has 0 aromatic carbocycles. The van der Waals surface area contributed by atoms with Crippen LogP contribution < -0.4 is 10.3 Å². The molecule has 4 heterocycles. The molecule has 2 aromatic heterocycles. The van der Waals surface area contributed by atoms with Crippen LogP contribution in [0.25, 0.3) is 0 Å². The molecule has 0 N–H and O–H groups in total. The lowest BCUT2D eigenvalue weighted by Gasteiger charge is -2.32. The average molecular weight is 383 g/mol. The van der Waals surface area contributed by atoms with Crippen LogP contribution in [0, 0.1) is 5.92 Å². The summed E-state index contributed by atoms with van der Waals surface area (Å²) in [6.07, 6.45) is 7.34. The van der Waals surface area contributed by atoms with Gasteiger partial charge in [-0.3, -0.25) is 9.59 Å². The number of hydrogen-bond donors (Lipinski definition) is 0. The van der Waals surface area contributed by atoms with Gasteiger partial charge >= 0.3 is 0 Å². The van der Waals surface area contributed by atoms with Crippen molar-refractivity contribution < 1.29 is 9.53 Å². The zero-order valence-electron chi connectivity index (χ0n) is 16.0. The van der Waals surface area contributed by atoms with Gasteiger partial charge < -0.3 is 9.64 Å². The fraction of sp³-hybridized carbons (Fsp3) is 0.600. The van der Waals surface area contributed by atoms with Gasteiger partial charge in [-0.2, -0.15) is 10.2 Å². The molecule has 0 spiro atoms. The maximum Gasteiger partial charge on any atom is 0.267 e. The van der Waals surface area contributed by atoms with Crippen molar-refractivity contribution in [2.24, 2.45) is 5.92 Å². The van der Waals surface area contributed by atoms with Crippen LogP contribution in [0.4, 0.5) is 0 Å². The molecule has 1 aliphatic carbocycles. The van der Waals surface area contributed by atoms with Crippen molar-refractivity contribution in [2.75, 3.05) is 19.7 Å². The first-order chi connectivity index (χ1) is 13.7. The molecule has 1 fully saturated rings. The average Bonchev–Trinajstić information content (AvgIpc) is 3.35. The summed E-state index contributed by atoms with van der Waals surface area (Å²) in [6.45, 7) is 3.45. The number of aryl methyl sites for hydroxylation is 3. The highest BCUT2D eigenvalue weighted by Crippen LogP contribution is 2.26. The summed E-state index contributed by atoms with van der Waals surface area (Å²) >= 11 is 0. The number of carbonyl (C=O) groups is 1. The highest BCUT2D eigenvalue weighted by atomic mass is 16.5. The zero-order valence-corrected chi connectivity index (χ0v) is 16.0. The Bertz CT molecular complexity index is 955. The lowest BCUT2D eigenvalue weighted by atomic mass is 9.96. The first kappa shape index (κ1) is 17.5. The third-order valence-electron chi connectivity index (χ3n) is 6.13. The minimum atomic E-state index is -0.00516. The summed E-state index contributed by atoms with van der Waals surface area (Å²) in [5.41, 5.74) is 2.77. The SMILES string of the molecule is O=C(c1cnn2c1OCCC2)N1CCC(Cn2nc3c(cc2=O)CCC3)CC1. The van der Waals surface area contributed by atoms with Crippen molar-refractivity contribution in [1.29, 1.82) is 0 Å². The molecular weight excluding hydrogens is 358 g/mol. The summed E-state index contributed by atoms with van der Waals surface area (Å²) in [4.78, 5) is 27.1. The number of aromatic nitrogens is 4. The Labute approximate surface area is 163 Å². The maximum atomic E-state index is 12.9. The molecular formula is C20H25N5O3. The van der Waals surface area contributed by atoms with E-state index in [-0.39, 0.29) is 11.5 Å². The molecule has 28 heavy (non-hydrogen) atoms. The van der Waals surface area contributed by atoms with Gasteiger partial charge in [0.05, 0.1) is 18.5 Å². The van der Waals surface area contributed by atoms with Crippen LogP contribution in [0.15, 0.2) is 17.1 Å². The number of nitrogens with zero attached hydrogens (tertiary/aromatic N) is 5. The molecule has 148 valence electrons. The molecule has 0 atom stereocenters. The quantitative estimate of drug-likeness (QED) is 0.797. The van der Waals surface area contributed by atoms with Gasteiger partial charge in [-0.15, -0.1) is 0 Å². The van der Waals surface area contributed by atoms with Crippen LogP contribution in [0.5, 0.6) is 5.88 Å². The van der Waals surface area contributed by atoms with Crippen LogP contribution in [0.2, 0.25) is 0 Å². The number of likely N-dealkylation sites (tertiary alicyclic amines) is 1. The fourth-order valence-electron chi connectivity index (χ4n) is 4.52. The van der Waals surface area contributed by atoms with Gasteiger partial charge in [0.2, 0.25) is 5.88 Å². The summed E-state index contributed by atoms with van der Waals surface area (Å²) in [5.74, 6) is 0.965. The van der Waals surface area contributed by atoms with Crippen LogP contribution in [0.1, 0.15) is 47.3 Å². The molecule has 3 aliphatic rings. The van der Waals surface area contributed by atoms with Crippen LogP contribution in [-0.4, -0.2) is 50.1 Å². The van der Waals surface area contributed by atoms with Gasteiger partial charge in [0, 0.05) is 38.7 Å². The topological polar surface area (TPSA) is 82.2 Å². The number of ether oxygens (including phenoxy) is 1. The molecule has 5 rings (SSSR count). The van der Waals surface area contributed by atoms with E-state index in [1.165, 1.54) is 0 Å². The smallest absolute Gasteiger partial charge is 0.267 e. The minimum Gasteiger partial charge on any atom is -0.477 e. The summed E-state index contributed by atoms with van der Waals surface area (Å²) in [5, 5.41) is 8.87. The van der Waals surface area contributed by atoms with Crippen molar-refractivity contribution in [3.63, 3.8) is 0 Å². The second kappa shape index (κ2) is 7.07. The molecule has 0 bridgehead atoms. The van der Waals surface area contributed by atoms with E-state index in [4.69, 9.17) is 4.74 Å². The van der Waals surface area contributed by atoms with Gasteiger partial charge in [-0.1, -0.05) is 0 Å². The fourth-order valence-corrected chi connectivity index (χ4v) is 4.52. The van der Waals surface area contributed by atoms with Crippen molar-refractivity contribution in [3.8, 4) is 5.88 Å². The van der Waals surface area contributed by atoms with E-state index in [1.54, 1.807) is 21.6 Å². The van der Waals surface area contributed by atoms with E-state index >= 15 is 0 Å². The highest BCUT2D eigenvalue weighted by molar-refractivity contribution is 5.96. The Hall–Kier alpha value is -2.64. The monoisotopic (exact) mass is 383 g/mol. The van der Waals surface area contributed by atoms with E-state index < -0.39 is 0 Å². The molecule has 0 radical (unpaired) electrons. The first-order valence-electron chi connectivity index (χ1n) is 10.3. The number of hydrogen-bond acceptors (Lipinski definition) is 5. The Morgan fingerprint density at radius 1 is 1.18 bits per heavy atom. The minimum absolute atomic E-state index is 0.00261. The molecule has 0 unspecified atom stereocenters. The first-order valence-corrected chi connectivity index (χ1v) is 10.3. The van der Waals surface area contributed by atoms with E-state index in [1.807, 2.05) is 4.90 Å². The third kappa shape index (κ3) is 3.10. The molecule has 1 saturated heterocycles. The lowest BCUT2D eigenvalue weighted by Crippen LogP contribution is -2.40. The van der Waals surface area contributed by atoms with Crippen LogP contribution >= 0.6 is 0 Å². The Kier molecular flexibility index (Phi) is 4.41. The third-order valence-corrected chi connectivity index (χ3v) is 6.13. The molecule has 8 nitrogen and oxygen atoms in total. The predicted molar refractivity (Wildman–Crippen MR) is 101 cm³/mol. The van der Waals surface area contributed by atoms with Gasteiger partial charge in [0.25, 0.3) is 11.5 Å². The second-order valence-corrected chi connectivity index (χ2v) is 8.01. The number of rotatable bonds is 3. The summed E-state index contributed by atoms with van der Waals surface area (Å²) in [7, 11) is 0. The van der Waals surface area contributed by atoms with E-state index in [0.29, 0.717) is 43.6 Å². The van der Waals surface area contributed by atoms with Crippen LogP contribution in [0.3, 0.4) is 0 Å². The predicted octanol–water partition coefficient (Wildman–Crippen LogP) is 1.26. The lowest BCUT2D eigenvalue weighted by molar-refractivity contribution is 0.0674.